The summed E-state index contributed by atoms with van der Waals surface area (Å²) in [6.07, 6.45) is -1.99. The van der Waals surface area contributed by atoms with Crippen LogP contribution in [-0.2, 0) is 17.4 Å². The van der Waals surface area contributed by atoms with Crippen molar-refractivity contribution in [1.29, 1.82) is 5.26 Å². The number of benzene rings is 2. The van der Waals surface area contributed by atoms with Gasteiger partial charge in [0.15, 0.2) is 0 Å². The number of anilines is 1. The Morgan fingerprint density at radius 1 is 1.19 bits per heavy atom. The van der Waals surface area contributed by atoms with Crippen LogP contribution in [0.4, 0.5) is 18.9 Å². The van der Waals surface area contributed by atoms with E-state index in [1.54, 1.807) is 24.3 Å². The fourth-order valence-corrected chi connectivity index (χ4v) is 3.37. The van der Waals surface area contributed by atoms with Gasteiger partial charge in [-0.1, -0.05) is 18.2 Å². The molecule has 1 aliphatic heterocycles. The van der Waals surface area contributed by atoms with Crippen molar-refractivity contribution in [3.8, 4) is 17.3 Å². The lowest BCUT2D eigenvalue weighted by Gasteiger charge is -2.18. The number of amides is 1. The maximum atomic E-state index is 13.1. The third kappa shape index (κ3) is 2.75. The van der Waals surface area contributed by atoms with Crippen LogP contribution in [0.5, 0.6) is 0 Å². The first-order chi connectivity index (χ1) is 12.9. The number of aromatic nitrogens is 1. The molecule has 27 heavy (non-hydrogen) atoms. The number of carbonyl (C=O) groups excluding carboxylic acids is 1. The highest BCUT2D eigenvalue weighted by Crippen LogP contribution is 2.41. The predicted molar refractivity (Wildman–Crippen MR) is 94.7 cm³/mol. The number of nitriles is 1. The molecule has 134 valence electrons. The molecule has 1 N–H and O–H groups in total. The number of nitrogens with one attached hydrogen (secondary N) is 1. The molecule has 0 spiro atoms. The second-order valence-corrected chi connectivity index (χ2v) is 6.14. The molecule has 3 aromatic rings. The first-order valence-electron chi connectivity index (χ1n) is 8.09. The Labute approximate surface area is 152 Å². The standard InChI is InChI=1S/C20H12F3N3O/c21-20(22,23)12-6-7-16-14(10-12)15-11-18(27)26(9-3-8-24)17-5-2-1-4-13(17)19(15)25-16/h1-7,9-10,25H,11H2. The number of hydrogen-bond donors (Lipinski definition) is 1. The van der Waals surface area contributed by atoms with Crippen LogP contribution in [0, 0.1) is 11.3 Å². The molecule has 0 saturated carbocycles. The number of aromatic amines is 1. The summed E-state index contributed by atoms with van der Waals surface area (Å²) in [7, 11) is 0. The molecule has 0 bridgehead atoms. The summed E-state index contributed by atoms with van der Waals surface area (Å²) in [5.74, 6) is -0.328. The number of halogens is 3. The number of H-pyrrole nitrogens is 1. The van der Waals surface area contributed by atoms with Crippen LogP contribution in [0.15, 0.2) is 54.7 Å². The summed E-state index contributed by atoms with van der Waals surface area (Å²) in [4.78, 5) is 17.3. The highest BCUT2D eigenvalue weighted by molar-refractivity contribution is 6.07. The van der Waals surface area contributed by atoms with Crippen molar-refractivity contribution < 1.29 is 18.0 Å². The molecule has 7 heteroatoms. The van der Waals surface area contributed by atoms with Crippen LogP contribution in [0.1, 0.15) is 11.1 Å². The Morgan fingerprint density at radius 3 is 2.70 bits per heavy atom. The molecule has 4 rings (SSSR count). The van der Waals surface area contributed by atoms with E-state index in [0.29, 0.717) is 33.4 Å². The van der Waals surface area contributed by atoms with Crippen molar-refractivity contribution >= 4 is 22.5 Å². The van der Waals surface area contributed by atoms with Crippen LogP contribution in [0.25, 0.3) is 22.2 Å². The van der Waals surface area contributed by atoms with Crippen LogP contribution in [0.3, 0.4) is 0 Å². The molecule has 0 radical (unpaired) electrons. The highest BCUT2D eigenvalue weighted by atomic mass is 19.4. The number of rotatable bonds is 1. The van der Waals surface area contributed by atoms with Gasteiger partial charge in [-0.25, -0.2) is 0 Å². The smallest absolute Gasteiger partial charge is 0.354 e. The first-order valence-corrected chi connectivity index (χ1v) is 8.09. The fourth-order valence-electron chi connectivity index (χ4n) is 3.37. The molecule has 1 aromatic heterocycles. The van der Waals surface area contributed by atoms with Crippen molar-refractivity contribution in [2.24, 2.45) is 0 Å². The maximum absolute atomic E-state index is 13.1. The molecule has 0 saturated heterocycles. The summed E-state index contributed by atoms with van der Waals surface area (Å²) in [6.45, 7) is 0. The van der Waals surface area contributed by atoms with Crippen molar-refractivity contribution in [2.75, 3.05) is 4.90 Å². The van der Waals surface area contributed by atoms with E-state index in [2.05, 4.69) is 4.98 Å². The summed E-state index contributed by atoms with van der Waals surface area (Å²) in [5, 5.41) is 9.17. The highest BCUT2D eigenvalue weighted by Gasteiger charge is 2.32. The number of allylic oxidation sites excluding steroid dienone is 1. The SMILES string of the molecule is N#CC=CN1C(=O)Cc2c([nH]c3ccc(C(F)(F)F)cc23)-c2ccccc21. The summed E-state index contributed by atoms with van der Waals surface area (Å²) in [6, 6.07) is 12.4. The molecule has 0 unspecified atom stereocenters. The third-order valence-electron chi connectivity index (χ3n) is 4.56. The molecule has 0 fully saturated rings. The zero-order valence-electron chi connectivity index (χ0n) is 13.8. The Bertz CT molecular complexity index is 1140. The second-order valence-electron chi connectivity index (χ2n) is 6.14. The van der Waals surface area contributed by atoms with E-state index in [-0.39, 0.29) is 12.3 Å². The van der Waals surface area contributed by atoms with Gasteiger partial charge in [0.1, 0.15) is 0 Å². The fraction of sp³-hybridized carbons (Fsp3) is 0.100. The normalized spacial score (nSPS) is 14.1. The van der Waals surface area contributed by atoms with Gasteiger partial charge in [-0.2, -0.15) is 18.4 Å². The van der Waals surface area contributed by atoms with Gasteiger partial charge in [0.25, 0.3) is 0 Å². The number of alkyl halides is 3. The van der Waals surface area contributed by atoms with Crippen LogP contribution >= 0.6 is 0 Å². The Hall–Kier alpha value is -3.53. The number of carbonyl (C=O) groups is 1. The van der Waals surface area contributed by atoms with Crippen LogP contribution < -0.4 is 4.90 Å². The maximum Gasteiger partial charge on any atom is 0.416 e. The molecule has 2 heterocycles. The average molecular weight is 367 g/mol. The molecule has 0 aliphatic carbocycles. The van der Waals surface area contributed by atoms with E-state index in [1.807, 2.05) is 6.07 Å². The van der Waals surface area contributed by atoms with E-state index < -0.39 is 11.7 Å². The summed E-state index contributed by atoms with van der Waals surface area (Å²) in [5.41, 5.74) is 2.16. The van der Waals surface area contributed by atoms with Gasteiger partial charge >= 0.3 is 6.18 Å². The lowest BCUT2D eigenvalue weighted by Crippen LogP contribution is -2.25. The van der Waals surface area contributed by atoms with E-state index in [0.717, 1.165) is 12.1 Å². The van der Waals surface area contributed by atoms with Gasteiger partial charge in [-0.05, 0) is 29.8 Å². The van der Waals surface area contributed by atoms with Crippen LogP contribution in [0.2, 0.25) is 0 Å². The molecule has 4 nitrogen and oxygen atoms in total. The zero-order valence-corrected chi connectivity index (χ0v) is 13.8. The number of nitrogens with zero attached hydrogens (tertiary/aromatic N) is 2. The predicted octanol–water partition coefficient (Wildman–Crippen LogP) is 4.78. The van der Waals surface area contributed by atoms with Gasteiger partial charge in [0.2, 0.25) is 5.91 Å². The molecule has 1 aliphatic rings. The Kier molecular flexibility index (Phi) is 3.77. The zero-order chi connectivity index (χ0) is 19.2. The minimum absolute atomic E-state index is 0.0822. The molecular formula is C20H12F3N3O. The first kappa shape index (κ1) is 16.9. The minimum Gasteiger partial charge on any atom is -0.354 e. The van der Waals surface area contributed by atoms with E-state index >= 15 is 0 Å². The van der Waals surface area contributed by atoms with Gasteiger partial charge in [0.05, 0.1) is 29.4 Å². The molecule has 2 aromatic carbocycles. The molecule has 0 atom stereocenters. The number of hydrogen-bond acceptors (Lipinski definition) is 2. The van der Waals surface area contributed by atoms with Crippen molar-refractivity contribution in [1.82, 2.24) is 4.98 Å². The van der Waals surface area contributed by atoms with E-state index in [4.69, 9.17) is 5.26 Å². The van der Waals surface area contributed by atoms with E-state index in [9.17, 15) is 18.0 Å². The Balaban J connectivity index is 1.99. The van der Waals surface area contributed by atoms with Crippen molar-refractivity contribution in [3.05, 3.63) is 65.9 Å². The molecule has 1 amide bonds. The number of fused-ring (bicyclic) bond motifs is 5. The van der Waals surface area contributed by atoms with Gasteiger partial charge in [0, 0.05) is 28.7 Å². The average Bonchev–Trinajstić information content (AvgIpc) is 2.94. The van der Waals surface area contributed by atoms with Gasteiger partial charge in [-0.3, -0.25) is 9.69 Å². The van der Waals surface area contributed by atoms with Gasteiger partial charge < -0.3 is 4.98 Å². The lowest BCUT2D eigenvalue weighted by atomic mass is 10.0. The monoisotopic (exact) mass is 367 g/mol. The Morgan fingerprint density at radius 2 is 1.96 bits per heavy atom. The largest absolute Gasteiger partial charge is 0.416 e. The summed E-state index contributed by atoms with van der Waals surface area (Å²) >= 11 is 0. The minimum atomic E-state index is -4.47. The molecular weight excluding hydrogens is 355 g/mol. The van der Waals surface area contributed by atoms with Crippen LogP contribution in [-0.4, -0.2) is 10.9 Å². The third-order valence-corrected chi connectivity index (χ3v) is 4.56. The van der Waals surface area contributed by atoms with Gasteiger partial charge in [-0.15, -0.1) is 0 Å². The topological polar surface area (TPSA) is 59.9 Å². The lowest BCUT2D eigenvalue weighted by molar-refractivity contribution is -0.137. The van der Waals surface area contributed by atoms with E-state index in [1.165, 1.54) is 23.2 Å². The number of para-hydroxylation sites is 1. The quantitative estimate of drug-likeness (QED) is 0.629. The van der Waals surface area contributed by atoms with Crippen molar-refractivity contribution in [2.45, 2.75) is 12.6 Å². The second kappa shape index (κ2) is 6.02. The van der Waals surface area contributed by atoms with Crippen molar-refractivity contribution in [3.63, 3.8) is 0 Å². The summed E-state index contributed by atoms with van der Waals surface area (Å²) < 4.78 is 39.4.